The van der Waals surface area contributed by atoms with Crippen LogP contribution < -0.4 is 10.6 Å². The van der Waals surface area contributed by atoms with E-state index in [1.807, 2.05) is 7.05 Å². The van der Waals surface area contributed by atoms with Crippen LogP contribution >= 0.6 is 0 Å². The third-order valence-electron chi connectivity index (χ3n) is 3.54. The largest absolute Gasteiger partial charge is 0.373 e. The van der Waals surface area contributed by atoms with E-state index in [1.54, 1.807) is 6.33 Å². The second kappa shape index (κ2) is 7.19. The Balaban J connectivity index is 2.93. The van der Waals surface area contributed by atoms with Gasteiger partial charge in [-0.1, -0.05) is 33.6 Å². The fraction of sp³-hybridized carbons (Fsp3) is 0.714. The summed E-state index contributed by atoms with van der Waals surface area (Å²) in [6, 6.07) is 0.421. The molecular weight excluding hydrogens is 224 g/mol. The summed E-state index contributed by atoms with van der Waals surface area (Å²) in [5, 5.41) is 6.68. The predicted octanol–water partition coefficient (Wildman–Crippen LogP) is 3.32. The molecule has 0 radical (unpaired) electrons. The maximum Gasteiger partial charge on any atom is 0.134 e. The molecule has 1 aromatic rings. The van der Waals surface area contributed by atoms with Gasteiger partial charge in [0.2, 0.25) is 0 Å². The number of aromatic nitrogens is 2. The van der Waals surface area contributed by atoms with Gasteiger partial charge < -0.3 is 10.6 Å². The standard InChI is InChI=1S/C14H26N4/c1-6-8-12-13(15-5)16-9-17-14(12)18-11(4)10(3)7-2/h9-11H,6-8H2,1-5H3,(H2,15,16,17,18). The third-order valence-corrected chi connectivity index (χ3v) is 3.54. The summed E-state index contributed by atoms with van der Waals surface area (Å²) < 4.78 is 0. The molecule has 0 amide bonds. The minimum absolute atomic E-state index is 0.421. The van der Waals surface area contributed by atoms with Gasteiger partial charge >= 0.3 is 0 Å². The normalized spacial score (nSPS) is 14.1. The fourth-order valence-electron chi connectivity index (χ4n) is 1.95. The van der Waals surface area contributed by atoms with Crippen LogP contribution in [-0.4, -0.2) is 23.1 Å². The lowest BCUT2D eigenvalue weighted by Crippen LogP contribution is -2.25. The Kier molecular flexibility index (Phi) is 5.89. The fourth-order valence-corrected chi connectivity index (χ4v) is 1.95. The molecule has 0 fully saturated rings. The topological polar surface area (TPSA) is 49.8 Å². The van der Waals surface area contributed by atoms with E-state index < -0.39 is 0 Å². The van der Waals surface area contributed by atoms with Gasteiger partial charge in [0, 0.05) is 18.7 Å². The molecule has 1 aromatic heterocycles. The monoisotopic (exact) mass is 250 g/mol. The Bertz CT molecular complexity index is 365. The summed E-state index contributed by atoms with van der Waals surface area (Å²) >= 11 is 0. The second-order valence-electron chi connectivity index (χ2n) is 4.87. The van der Waals surface area contributed by atoms with Crippen LogP contribution in [0.3, 0.4) is 0 Å². The molecule has 0 aromatic carbocycles. The molecular formula is C14H26N4. The van der Waals surface area contributed by atoms with E-state index in [4.69, 9.17) is 0 Å². The van der Waals surface area contributed by atoms with Gasteiger partial charge in [0.25, 0.3) is 0 Å². The average Bonchev–Trinajstić information content (AvgIpc) is 2.39. The van der Waals surface area contributed by atoms with Gasteiger partial charge in [-0.3, -0.25) is 0 Å². The molecule has 102 valence electrons. The van der Waals surface area contributed by atoms with Gasteiger partial charge in [-0.15, -0.1) is 0 Å². The van der Waals surface area contributed by atoms with Crippen molar-refractivity contribution in [2.75, 3.05) is 17.7 Å². The summed E-state index contributed by atoms with van der Waals surface area (Å²) in [5.41, 5.74) is 1.19. The van der Waals surface area contributed by atoms with Crippen molar-refractivity contribution < 1.29 is 0 Å². The minimum Gasteiger partial charge on any atom is -0.373 e. The summed E-state index contributed by atoms with van der Waals surface area (Å²) in [7, 11) is 1.91. The molecule has 2 N–H and O–H groups in total. The third kappa shape index (κ3) is 3.59. The lowest BCUT2D eigenvalue weighted by atomic mass is 10.0. The van der Waals surface area contributed by atoms with E-state index in [9.17, 15) is 0 Å². The first-order valence-corrected chi connectivity index (χ1v) is 6.92. The zero-order valence-corrected chi connectivity index (χ0v) is 12.2. The average molecular weight is 250 g/mol. The van der Waals surface area contributed by atoms with Crippen LogP contribution in [-0.2, 0) is 6.42 Å². The zero-order chi connectivity index (χ0) is 13.5. The van der Waals surface area contributed by atoms with Crippen molar-refractivity contribution in [1.82, 2.24) is 9.97 Å². The van der Waals surface area contributed by atoms with Crippen LogP contribution in [0.4, 0.5) is 11.6 Å². The van der Waals surface area contributed by atoms with Gasteiger partial charge in [-0.05, 0) is 19.3 Å². The van der Waals surface area contributed by atoms with E-state index in [1.165, 1.54) is 12.0 Å². The molecule has 18 heavy (non-hydrogen) atoms. The molecule has 0 aliphatic carbocycles. The smallest absolute Gasteiger partial charge is 0.134 e. The molecule has 4 nitrogen and oxygen atoms in total. The maximum absolute atomic E-state index is 4.40. The quantitative estimate of drug-likeness (QED) is 0.779. The van der Waals surface area contributed by atoms with E-state index in [-0.39, 0.29) is 0 Å². The van der Waals surface area contributed by atoms with Crippen LogP contribution in [0.25, 0.3) is 0 Å². The van der Waals surface area contributed by atoms with Crippen LogP contribution in [0.5, 0.6) is 0 Å². The molecule has 2 atom stereocenters. The van der Waals surface area contributed by atoms with Crippen molar-refractivity contribution in [3.8, 4) is 0 Å². The predicted molar refractivity (Wildman–Crippen MR) is 78.1 cm³/mol. The second-order valence-corrected chi connectivity index (χ2v) is 4.87. The van der Waals surface area contributed by atoms with Gasteiger partial charge in [0.15, 0.2) is 0 Å². The van der Waals surface area contributed by atoms with Gasteiger partial charge in [-0.25, -0.2) is 9.97 Å². The highest BCUT2D eigenvalue weighted by molar-refractivity contribution is 5.57. The Morgan fingerprint density at radius 2 is 1.83 bits per heavy atom. The van der Waals surface area contributed by atoms with Crippen molar-refractivity contribution in [2.24, 2.45) is 5.92 Å². The lowest BCUT2D eigenvalue weighted by molar-refractivity contribution is 0.493. The van der Waals surface area contributed by atoms with Crippen LogP contribution in [0.2, 0.25) is 0 Å². The first-order chi connectivity index (χ1) is 8.63. The number of nitrogens with one attached hydrogen (secondary N) is 2. The van der Waals surface area contributed by atoms with E-state index in [0.29, 0.717) is 12.0 Å². The first kappa shape index (κ1) is 14.7. The van der Waals surface area contributed by atoms with Gasteiger partial charge in [0.1, 0.15) is 18.0 Å². The Morgan fingerprint density at radius 1 is 1.17 bits per heavy atom. The van der Waals surface area contributed by atoms with Crippen molar-refractivity contribution in [3.63, 3.8) is 0 Å². The summed E-state index contributed by atoms with van der Waals surface area (Å²) in [4.78, 5) is 8.69. The Labute approximate surface area is 111 Å². The lowest BCUT2D eigenvalue weighted by Gasteiger charge is -2.22. The van der Waals surface area contributed by atoms with Crippen LogP contribution in [0.1, 0.15) is 46.1 Å². The number of anilines is 2. The Morgan fingerprint density at radius 3 is 2.39 bits per heavy atom. The summed E-state index contributed by atoms with van der Waals surface area (Å²) in [6.07, 6.45) is 4.87. The number of nitrogens with zero attached hydrogens (tertiary/aromatic N) is 2. The molecule has 0 saturated carbocycles. The zero-order valence-electron chi connectivity index (χ0n) is 12.2. The minimum atomic E-state index is 0.421. The number of rotatable bonds is 7. The number of hydrogen-bond acceptors (Lipinski definition) is 4. The molecule has 0 bridgehead atoms. The van der Waals surface area contributed by atoms with E-state index in [2.05, 4.69) is 48.3 Å². The molecule has 0 aliphatic heterocycles. The van der Waals surface area contributed by atoms with Crippen molar-refractivity contribution >= 4 is 11.6 Å². The molecule has 2 unspecified atom stereocenters. The van der Waals surface area contributed by atoms with Crippen molar-refractivity contribution in [2.45, 2.75) is 53.0 Å². The first-order valence-electron chi connectivity index (χ1n) is 6.92. The molecule has 0 aliphatic rings. The highest BCUT2D eigenvalue weighted by Crippen LogP contribution is 2.23. The number of hydrogen-bond donors (Lipinski definition) is 2. The van der Waals surface area contributed by atoms with Crippen LogP contribution in [0.15, 0.2) is 6.33 Å². The molecule has 4 heteroatoms. The highest BCUT2D eigenvalue weighted by Gasteiger charge is 2.15. The van der Waals surface area contributed by atoms with E-state index >= 15 is 0 Å². The van der Waals surface area contributed by atoms with Crippen LogP contribution in [0, 0.1) is 5.92 Å². The molecule has 1 heterocycles. The maximum atomic E-state index is 4.40. The van der Waals surface area contributed by atoms with E-state index in [0.717, 1.165) is 24.5 Å². The highest BCUT2D eigenvalue weighted by atomic mass is 15.1. The summed E-state index contributed by atoms with van der Waals surface area (Å²) in [5.74, 6) is 2.54. The van der Waals surface area contributed by atoms with Gasteiger partial charge in [0.05, 0.1) is 0 Å². The van der Waals surface area contributed by atoms with Crippen molar-refractivity contribution in [3.05, 3.63) is 11.9 Å². The SMILES string of the molecule is CCCc1c(NC)ncnc1NC(C)C(C)CC. The van der Waals surface area contributed by atoms with Crippen molar-refractivity contribution in [1.29, 1.82) is 0 Å². The molecule has 0 saturated heterocycles. The Hall–Kier alpha value is -1.32. The van der Waals surface area contributed by atoms with Gasteiger partial charge in [-0.2, -0.15) is 0 Å². The molecule has 1 rings (SSSR count). The summed E-state index contributed by atoms with van der Waals surface area (Å²) in [6.45, 7) is 8.87. The molecule has 0 spiro atoms.